The van der Waals surface area contributed by atoms with Gasteiger partial charge in [0.1, 0.15) is 23.9 Å². The highest BCUT2D eigenvalue weighted by molar-refractivity contribution is 5.98. The molecule has 0 radical (unpaired) electrons. The lowest BCUT2D eigenvalue weighted by Gasteiger charge is -2.19. The number of pyridine rings is 1. The summed E-state index contributed by atoms with van der Waals surface area (Å²) in [6.45, 7) is 5.33. The normalized spacial score (nSPS) is 13.5. The summed E-state index contributed by atoms with van der Waals surface area (Å²) in [7, 11) is 0. The summed E-state index contributed by atoms with van der Waals surface area (Å²) < 4.78 is 11.1. The molecule has 0 aliphatic carbocycles. The van der Waals surface area contributed by atoms with Gasteiger partial charge in [-0.25, -0.2) is 4.98 Å². The Labute approximate surface area is 154 Å². The molecule has 1 N–H and O–H groups in total. The molecule has 3 rings (SSSR count). The molecule has 0 bridgehead atoms. The van der Waals surface area contributed by atoms with E-state index >= 15 is 0 Å². The van der Waals surface area contributed by atoms with Crippen LogP contribution >= 0.6 is 0 Å². The van der Waals surface area contributed by atoms with Gasteiger partial charge in [0.05, 0.1) is 18.7 Å². The van der Waals surface area contributed by atoms with Gasteiger partial charge in [-0.2, -0.15) is 0 Å². The third-order valence-corrected chi connectivity index (χ3v) is 4.23. The predicted octanol–water partition coefficient (Wildman–Crippen LogP) is 2.89. The summed E-state index contributed by atoms with van der Waals surface area (Å²) in [5, 5.41) is 2.91. The monoisotopic (exact) mass is 355 g/mol. The minimum Gasteiger partial charge on any atom is -0.494 e. The number of rotatable bonds is 8. The van der Waals surface area contributed by atoms with Gasteiger partial charge in [-0.1, -0.05) is 0 Å². The fourth-order valence-electron chi connectivity index (χ4n) is 2.98. The lowest BCUT2D eigenvalue weighted by Crippen LogP contribution is -2.30. The second kappa shape index (κ2) is 9.08. The fraction of sp³-hybridized carbons (Fsp3) is 0.400. The molecule has 0 atom stereocenters. The van der Waals surface area contributed by atoms with Crippen LogP contribution < -0.4 is 19.7 Å². The molecule has 2 heterocycles. The van der Waals surface area contributed by atoms with E-state index in [2.05, 4.69) is 15.2 Å². The quantitative estimate of drug-likeness (QED) is 0.738. The molecule has 26 heavy (non-hydrogen) atoms. The lowest BCUT2D eigenvalue weighted by atomic mass is 10.2. The zero-order valence-corrected chi connectivity index (χ0v) is 15.1. The number of nitrogens with one attached hydrogen (secondary N) is 1. The molecule has 1 aliphatic heterocycles. The molecule has 2 aromatic rings. The zero-order chi connectivity index (χ0) is 18.2. The first-order valence-electron chi connectivity index (χ1n) is 9.11. The van der Waals surface area contributed by atoms with Gasteiger partial charge in [-0.05, 0) is 56.2 Å². The highest BCUT2D eigenvalue weighted by atomic mass is 16.5. The van der Waals surface area contributed by atoms with Crippen LogP contribution in [0, 0.1) is 0 Å². The van der Waals surface area contributed by atoms with E-state index in [1.54, 1.807) is 12.3 Å². The maximum absolute atomic E-state index is 12.5. The zero-order valence-electron chi connectivity index (χ0n) is 15.1. The van der Waals surface area contributed by atoms with Crippen molar-refractivity contribution in [1.29, 1.82) is 0 Å². The van der Waals surface area contributed by atoms with Crippen molar-refractivity contribution in [3.63, 3.8) is 0 Å². The van der Waals surface area contributed by atoms with Gasteiger partial charge in [0.15, 0.2) is 0 Å². The molecule has 1 fully saturated rings. The lowest BCUT2D eigenvalue weighted by molar-refractivity contribution is 0.0947. The highest BCUT2D eigenvalue weighted by Gasteiger charge is 2.20. The van der Waals surface area contributed by atoms with Crippen LogP contribution in [0.2, 0.25) is 0 Å². The van der Waals surface area contributed by atoms with Crippen molar-refractivity contribution in [2.45, 2.75) is 19.8 Å². The first kappa shape index (κ1) is 18.0. The Balaban J connectivity index is 1.48. The Kier molecular flexibility index (Phi) is 6.30. The Hall–Kier alpha value is -2.76. The molecule has 138 valence electrons. The number of ether oxygens (including phenoxy) is 2. The topological polar surface area (TPSA) is 63.7 Å². The first-order chi connectivity index (χ1) is 12.8. The van der Waals surface area contributed by atoms with E-state index < -0.39 is 0 Å². The summed E-state index contributed by atoms with van der Waals surface area (Å²) in [5.74, 6) is 2.23. The molecule has 1 saturated heterocycles. The summed E-state index contributed by atoms with van der Waals surface area (Å²) in [4.78, 5) is 19.1. The maximum Gasteiger partial charge on any atom is 0.255 e. The molecule has 1 amide bonds. The van der Waals surface area contributed by atoms with Crippen LogP contribution in [0.4, 0.5) is 5.82 Å². The predicted molar refractivity (Wildman–Crippen MR) is 101 cm³/mol. The van der Waals surface area contributed by atoms with E-state index in [1.807, 2.05) is 37.3 Å². The summed E-state index contributed by atoms with van der Waals surface area (Å²) in [5.41, 5.74) is 0.621. The number of aromatic nitrogens is 1. The molecule has 0 spiro atoms. The minimum atomic E-state index is -0.115. The van der Waals surface area contributed by atoms with Crippen molar-refractivity contribution >= 4 is 11.7 Å². The summed E-state index contributed by atoms with van der Waals surface area (Å²) in [6, 6.07) is 11.1. The van der Waals surface area contributed by atoms with Crippen molar-refractivity contribution in [1.82, 2.24) is 10.3 Å². The number of benzene rings is 1. The number of hydrogen-bond donors (Lipinski definition) is 1. The number of hydrogen-bond acceptors (Lipinski definition) is 5. The second-order valence-corrected chi connectivity index (χ2v) is 6.08. The average Bonchev–Trinajstić information content (AvgIpc) is 3.21. The summed E-state index contributed by atoms with van der Waals surface area (Å²) >= 11 is 0. The molecule has 0 unspecified atom stereocenters. The van der Waals surface area contributed by atoms with Gasteiger partial charge >= 0.3 is 0 Å². The second-order valence-electron chi connectivity index (χ2n) is 6.08. The fourth-order valence-corrected chi connectivity index (χ4v) is 2.98. The average molecular weight is 355 g/mol. The van der Waals surface area contributed by atoms with E-state index in [1.165, 1.54) is 0 Å². The van der Waals surface area contributed by atoms with E-state index in [0.29, 0.717) is 25.3 Å². The number of amides is 1. The van der Waals surface area contributed by atoms with E-state index in [-0.39, 0.29) is 5.91 Å². The van der Waals surface area contributed by atoms with Gasteiger partial charge < -0.3 is 19.7 Å². The Morgan fingerprint density at radius 3 is 2.50 bits per heavy atom. The van der Waals surface area contributed by atoms with Crippen LogP contribution in [0.5, 0.6) is 11.5 Å². The van der Waals surface area contributed by atoms with Gasteiger partial charge in [0.2, 0.25) is 0 Å². The molecule has 6 nitrogen and oxygen atoms in total. The number of carbonyl (C=O) groups excluding carboxylic acids is 1. The standard InChI is InChI=1S/C20H25N3O3/c1-2-25-16-7-9-17(10-8-16)26-15-12-22-20(24)18-6-5-11-21-19(18)23-13-3-4-14-23/h5-11H,2-4,12-15H2,1H3,(H,22,24). The summed E-state index contributed by atoms with van der Waals surface area (Å²) in [6.07, 6.45) is 4.03. The van der Waals surface area contributed by atoms with Crippen LogP contribution in [0.3, 0.4) is 0 Å². The molecule has 6 heteroatoms. The molecule has 1 aromatic carbocycles. The van der Waals surface area contributed by atoms with Crippen LogP contribution in [-0.2, 0) is 0 Å². The molecule has 1 aromatic heterocycles. The minimum absolute atomic E-state index is 0.115. The largest absolute Gasteiger partial charge is 0.494 e. The third kappa shape index (κ3) is 4.65. The van der Waals surface area contributed by atoms with Crippen molar-refractivity contribution in [2.75, 3.05) is 37.7 Å². The molecular weight excluding hydrogens is 330 g/mol. The number of carbonyl (C=O) groups is 1. The Bertz CT molecular complexity index is 712. The van der Waals surface area contributed by atoms with Crippen molar-refractivity contribution in [3.8, 4) is 11.5 Å². The number of nitrogens with zero attached hydrogens (tertiary/aromatic N) is 2. The SMILES string of the molecule is CCOc1ccc(OCCNC(=O)c2cccnc2N2CCCC2)cc1. The maximum atomic E-state index is 12.5. The van der Waals surface area contributed by atoms with Gasteiger partial charge in [-0.15, -0.1) is 0 Å². The van der Waals surface area contributed by atoms with Gasteiger partial charge in [0.25, 0.3) is 5.91 Å². The Morgan fingerprint density at radius 1 is 1.12 bits per heavy atom. The van der Waals surface area contributed by atoms with Crippen LogP contribution in [0.15, 0.2) is 42.6 Å². The van der Waals surface area contributed by atoms with Crippen LogP contribution in [-0.4, -0.2) is 43.7 Å². The van der Waals surface area contributed by atoms with Gasteiger partial charge in [-0.3, -0.25) is 4.79 Å². The van der Waals surface area contributed by atoms with Crippen molar-refractivity contribution < 1.29 is 14.3 Å². The molecular formula is C20H25N3O3. The highest BCUT2D eigenvalue weighted by Crippen LogP contribution is 2.21. The van der Waals surface area contributed by atoms with Crippen molar-refractivity contribution in [2.24, 2.45) is 0 Å². The smallest absolute Gasteiger partial charge is 0.255 e. The van der Waals surface area contributed by atoms with Crippen LogP contribution in [0.25, 0.3) is 0 Å². The first-order valence-corrected chi connectivity index (χ1v) is 9.11. The van der Waals surface area contributed by atoms with E-state index in [9.17, 15) is 4.79 Å². The molecule has 0 saturated carbocycles. The van der Waals surface area contributed by atoms with Crippen molar-refractivity contribution in [3.05, 3.63) is 48.2 Å². The number of anilines is 1. The van der Waals surface area contributed by atoms with E-state index in [0.717, 1.165) is 43.2 Å². The Morgan fingerprint density at radius 2 is 1.81 bits per heavy atom. The molecule has 1 aliphatic rings. The third-order valence-electron chi connectivity index (χ3n) is 4.23. The van der Waals surface area contributed by atoms with E-state index in [4.69, 9.17) is 9.47 Å². The van der Waals surface area contributed by atoms with Gasteiger partial charge in [0, 0.05) is 19.3 Å². The van der Waals surface area contributed by atoms with Crippen LogP contribution in [0.1, 0.15) is 30.1 Å².